The van der Waals surface area contributed by atoms with Crippen LogP contribution in [0.25, 0.3) is 0 Å². The summed E-state index contributed by atoms with van der Waals surface area (Å²) in [5.41, 5.74) is 1.20. The fraction of sp³-hybridized carbons (Fsp3) is 0.381. The maximum atomic E-state index is 12.7. The van der Waals surface area contributed by atoms with Crippen molar-refractivity contribution in [3.63, 3.8) is 0 Å². The van der Waals surface area contributed by atoms with Crippen molar-refractivity contribution >= 4 is 15.9 Å². The van der Waals surface area contributed by atoms with Crippen LogP contribution < -0.4 is 5.32 Å². The molecule has 1 saturated heterocycles. The lowest BCUT2D eigenvalue weighted by molar-refractivity contribution is -0.122. The number of rotatable bonds is 7. The molecular formula is C21H27N3O3S. The molecule has 1 heterocycles. The maximum Gasteiger partial charge on any atom is 0.243 e. The van der Waals surface area contributed by atoms with Crippen LogP contribution in [-0.4, -0.2) is 62.8 Å². The molecule has 0 spiro atoms. The third-order valence-electron chi connectivity index (χ3n) is 5.05. The lowest BCUT2D eigenvalue weighted by atomic mass is 10.0. The monoisotopic (exact) mass is 401 g/mol. The van der Waals surface area contributed by atoms with Crippen LogP contribution in [0.5, 0.6) is 0 Å². The van der Waals surface area contributed by atoms with Crippen molar-refractivity contribution in [2.75, 3.05) is 39.3 Å². The number of piperazine rings is 1. The topological polar surface area (TPSA) is 69.7 Å². The van der Waals surface area contributed by atoms with Crippen LogP contribution in [0.3, 0.4) is 0 Å². The van der Waals surface area contributed by atoms with Crippen molar-refractivity contribution < 1.29 is 13.2 Å². The van der Waals surface area contributed by atoms with Crippen LogP contribution >= 0.6 is 0 Å². The molecule has 1 aliphatic rings. The van der Waals surface area contributed by atoms with E-state index >= 15 is 0 Å². The third kappa shape index (κ3) is 5.19. The molecule has 0 saturated carbocycles. The van der Waals surface area contributed by atoms with Gasteiger partial charge in [0.1, 0.15) is 0 Å². The molecule has 1 atom stereocenters. The number of nitrogens with one attached hydrogen (secondary N) is 1. The summed E-state index contributed by atoms with van der Waals surface area (Å²) in [6.45, 7) is 4.85. The highest BCUT2D eigenvalue weighted by Gasteiger charge is 2.28. The minimum atomic E-state index is -3.46. The first-order chi connectivity index (χ1) is 13.5. The van der Waals surface area contributed by atoms with Gasteiger partial charge in [-0.25, -0.2) is 8.42 Å². The molecule has 7 heteroatoms. The minimum absolute atomic E-state index is 0.0258. The smallest absolute Gasteiger partial charge is 0.243 e. The number of amides is 1. The lowest BCUT2D eigenvalue weighted by Crippen LogP contribution is -2.51. The van der Waals surface area contributed by atoms with Gasteiger partial charge in [-0.3, -0.25) is 9.69 Å². The normalized spacial score (nSPS) is 17.2. The van der Waals surface area contributed by atoms with Gasteiger partial charge in [0, 0.05) is 32.7 Å². The fourth-order valence-electron chi connectivity index (χ4n) is 3.29. The van der Waals surface area contributed by atoms with Gasteiger partial charge < -0.3 is 5.32 Å². The zero-order valence-corrected chi connectivity index (χ0v) is 16.9. The first-order valence-electron chi connectivity index (χ1n) is 9.56. The minimum Gasteiger partial charge on any atom is -0.354 e. The Morgan fingerprint density at radius 2 is 1.54 bits per heavy atom. The van der Waals surface area contributed by atoms with Gasteiger partial charge in [-0.2, -0.15) is 4.31 Å². The molecule has 1 N–H and O–H groups in total. The standard InChI is InChI=1S/C21H27N3O3S/c1-18(19-8-4-2-5-9-19)16-22-21(25)17-23-12-14-24(15-13-23)28(26,27)20-10-6-3-7-11-20/h2-11,18H,12-17H2,1H3,(H,22,25)/t18-/m0/s1. The van der Waals surface area contributed by atoms with Crippen molar-refractivity contribution in [3.05, 3.63) is 66.2 Å². The van der Waals surface area contributed by atoms with Crippen LogP contribution in [0, 0.1) is 0 Å². The van der Waals surface area contributed by atoms with Crippen molar-refractivity contribution in [3.8, 4) is 0 Å². The molecule has 28 heavy (non-hydrogen) atoms. The van der Waals surface area contributed by atoms with Gasteiger partial charge in [-0.1, -0.05) is 55.5 Å². The molecule has 2 aromatic carbocycles. The van der Waals surface area contributed by atoms with E-state index in [0.717, 1.165) is 0 Å². The highest BCUT2D eigenvalue weighted by molar-refractivity contribution is 7.89. The number of nitrogens with zero attached hydrogens (tertiary/aromatic N) is 2. The highest BCUT2D eigenvalue weighted by atomic mass is 32.2. The van der Waals surface area contributed by atoms with Crippen molar-refractivity contribution in [2.24, 2.45) is 0 Å². The average Bonchev–Trinajstić information content (AvgIpc) is 2.73. The second-order valence-corrected chi connectivity index (χ2v) is 9.05. The van der Waals surface area contributed by atoms with Crippen molar-refractivity contribution in [1.82, 2.24) is 14.5 Å². The average molecular weight is 402 g/mol. The number of sulfonamides is 1. The molecule has 0 unspecified atom stereocenters. The van der Waals surface area contributed by atoms with E-state index in [4.69, 9.17) is 0 Å². The zero-order valence-electron chi connectivity index (χ0n) is 16.1. The van der Waals surface area contributed by atoms with E-state index in [2.05, 4.69) is 24.4 Å². The largest absolute Gasteiger partial charge is 0.354 e. The summed E-state index contributed by atoms with van der Waals surface area (Å²) < 4.78 is 26.8. The summed E-state index contributed by atoms with van der Waals surface area (Å²) in [4.78, 5) is 14.6. The number of hydrogen-bond acceptors (Lipinski definition) is 4. The Labute approximate surface area is 167 Å². The Kier molecular flexibility index (Phi) is 6.83. The zero-order chi connectivity index (χ0) is 20.0. The summed E-state index contributed by atoms with van der Waals surface area (Å²) in [5, 5.41) is 2.98. The number of carbonyl (C=O) groups excluding carboxylic acids is 1. The Morgan fingerprint density at radius 1 is 0.964 bits per heavy atom. The van der Waals surface area contributed by atoms with Crippen LogP contribution in [-0.2, 0) is 14.8 Å². The van der Waals surface area contributed by atoms with E-state index in [1.165, 1.54) is 9.87 Å². The second-order valence-electron chi connectivity index (χ2n) is 7.11. The Morgan fingerprint density at radius 3 is 2.14 bits per heavy atom. The van der Waals surface area contributed by atoms with Gasteiger partial charge in [0.25, 0.3) is 0 Å². The summed E-state index contributed by atoms with van der Waals surface area (Å²) in [7, 11) is -3.46. The predicted octanol–water partition coefficient (Wildman–Crippen LogP) is 1.91. The van der Waals surface area contributed by atoms with Crippen molar-refractivity contribution in [1.29, 1.82) is 0 Å². The van der Waals surface area contributed by atoms with E-state index in [-0.39, 0.29) is 11.8 Å². The first kappa shape index (κ1) is 20.5. The Hall–Kier alpha value is -2.22. The van der Waals surface area contributed by atoms with E-state index < -0.39 is 10.0 Å². The van der Waals surface area contributed by atoms with Crippen LogP contribution in [0.2, 0.25) is 0 Å². The Bertz CT molecular complexity index is 864. The molecule has 1 fully saturated rings. The van der Waals surface area contributed by atoms with Gasteiger partial charge in [0.2, 0.25) is 15.9 Å². The van der Waals surface area contributed by atoms with E-state index in [0.29, 0.717) is 44.2 Å². The molecule has 1 amide bonds. The molecular weight excluding hydrogens is 374 g/mol. The number of benzene rings is 2. The van der Waals surface area contributed by atoms with Gasteiger partial charge >= 0.3 is 0 Å². The Balaban J connectivity index is 1.44. The summed E-state index contributed by atoms with van der Waals surface area (Å²) >= 11 is 0. The van der Waals surface area contributed by atoms with Gasteiger partial charge in [-0.05, 0) is 23.6 Å². The van der Waals surface area contributed by atoms with Crippen LogP contribution in [0.1, 0.15) is 18.4 Å². The molecule has 150 valence electrons. The molecule has 0 radical (unpaired) electrons. The quantitative estimate of drug-likeness (QED) is 0.770. The third-order valence-corrected chi connectivity index (χ3v) is 6.97. The molecule has 0 aliphatic carbocycles. The molecule has 6 nitrogen and oxygen atoms in total. The van der Waals surface area contributed by atoms with Gasteiger partial charge in [0.15, 0.2) is 0 Å². The first-order valence-corrected chi connectivity index (χ1v) is 11.0. The molecule has 0 aromatic heterocycles. The summed E-state index contributed by atoms with van der Waals surface area (Å²) in [6.07, 6.45) is 0. The summed E-state index contributed by atoms with van der Waals surface area (Å²) in [6, 6.07) is 18.6. The number of carbonyl (C=O) groups is 1. The van der Waals surface area contributed by atoms with E-state index in [1.807, 2.05) is 23.1 Å². The number of hydrogen-bond donors (Lipinski definition) is 1. The molecule has 2 aromatic rings. The van der Waals surface area contributed by atoms with Crippen LogP contribution in [0.15, 0.2) is 65.6 Å². The lowest BCUT2D eigenvalue weighted by Gasteiger charge is -2.33. The van der Waals surface area contributed by atoms with Gasteiger partial charge in [-0.15, -0.1) is 0 Å². The van der Waals surface area contributed by atoms with E-state index in [9.17, 15) is 13.2 Å². The molecule has 1 aliphatic heterocycles. The maximum absolute atomic E-state index is 12.7. The SMILES string of the molecule is C[C@@H](CNC(=O)CN1CCN(S(=O)(=O)c2ccccc2)CC1)c1ccccc1. The second kappa shape index (κ2) is 9.32. The summed E-state index contributed by atoms with van der Waals surface area (Å²) in [5.74, 6) is 0.222. The fourth-order valence-corrected chi connectivity index (χ4v) is 4.74. The van der Waals surface area contributed by atoms with Gasteiger partial charge in [0.05, 0.1) is 11.4 Å². The van der Waals surface area contributed by atoms with Crippen molar-refractivity contribution in [2.45, 2.75) is 17.7 Å². The molecule has 0 bridgehead atoms. The highest BCUT2D eigenvalue weighted by Crippen LogP contribution is 2.17. The van der Waals surface area contributed by atoms with Crippen LogP contribution in [0.4, 0.5) is 0 Å². The molecule has 3 rings (SSSR count). The van der Waals surface area contributed by atoms with E-state index in [1.54, 1.807) is 30.3 Å². The predicted molar refractivity (Wildman–Crippen MR) is 110 cm³/mol.